The summed E-state index contributed by atoms with van der Waals surface area (Å²) < 4.78 is 10.9. The highest BCUT2D eigenvalue weighted by atomic mass is 28.3. The van der Waals surface area contributed by atoms with E-state index in [0.29, 0.717) is 0 Å². The molecule has 0 N–H and O–H groups in total. The number of ether oxygens (including phenoxy) is 2. The molecule has 24 heavy (non-hydrogen) atoms. The highest BCUT2D eigenvalue weighted by Crippen LogP contribution is 2.19. The summed E-state index contributed by atoms with van der Waals surface area (Å²) >= 11 is 0. The molecule has 0 atom stereocenters. The summed E-state index contributed by atoms with van der Waals surface area (Å²) in [4.78, 5) is 25.1. The molecular formula is C19H30O4Si. The summed E-state index contributed by atoms with van der Waals surface area (Å²) in [6.07, 6.45) is 0. The zero-order valence-corrected chi connectivity index (χ0v) is 17.4. The van der Waals surface area contributed by atoms with E-state index in [0.717, 1.165) is 5.19 Å². The van der Waals surface area contributed by atoms with Crippen LogP contribution < -0.4 is 5.19 Å². The Kier molecular flexibility index (Phi) is 5.71. The fourth-order valence-corrected chi connectivity index (χ4v) is 3.18. The molecule has 0 fully saturated rings. The Morgan fingerprint density at radius 2 is 1.21 bits per heavy atom. The highest BCUT2D eigenvalue weighted by molar-refractivity contribution is 6.88. The predicted molar refractivity (Wildman–Crippen MR) is 99.8 cm³/mol. The van der Waals surface area contributed by atoms with Gasteiger partial charge in [0, 0.05) is 0 Å². The molecule has 0 aliphatic carbocycles. The molecular weight excluding hydrogens is 320 g/mol. The maximum atomic E-state index is 12.6. The van der Waals surface area contributed by atoms with Crippen LogP contribution >= 0.6 is 0 Å². The van der Waals surface area contributed by atoms with Crippen molar-refractivity contribution in [2.75, 3.05) is 0 Å². The largest absolute Gasteiger partial charge is 0.456 e. The van der Waals surface area contributed by atoms with E-state index in [1.807, 2.05) is 6.07 Å². The zero-order chi connectivity index (χ0) is 18.9. The third kappa shape index (κ3) is 6.11. The average Bonchev–Trinajstić information content (AvgIpc) is 2.32. The summed E-state index contributed by atoms with van der Waals surface area (Å²) in [5, 5.41) is 1.09. The first-order valence-electron chi connectivity index (χ1n) is 8.21. The summed E-state index contributed by atoms with van der Waals surface area (Å²) in [7, 11) is -1.63. The number of rotatable bonds is 3. The Bertz CT molecular complexity index is 628. The van der Waals surface area contributed by atoms with Gasteiger partial charge in [0.25, 0.3) is 0 Å². The van der Waals surface area contributed by atoms with Gasteiger partial charge in [-0.3, -0.25) is 0 Å². The first kappa shape index (κ1) is 20.4. The second-order valence-corrected chi connectivity index (χ2v) is 14.1. The van der Waals surface area contributed by atoms with Crippen LogP contribution in [0.25, 0.3) is 0 Å². The number of hydrogen-bond donors (Lipinski definition) is 0. The molecule has 0 saturated heterocycles. The van der Waals surface area contributed by atoms with Gasteiger partial charge >= 0.3 is 11.9 Å². The Hall–Kier alpha value is -1.62. The fraction of sp³-hybridized carbons (Fsp3) is 0.579. The minimum absolute atomic E-state index is 0.251. The number of hydrogen-bond acceptors (Lipinski definition) is 4. The Balaban J connectivity index is 3.38. The molecule has 0 aromatic heterocycles. The molecule has 0 aliphatic heterocycles. The van der Waals surface area contributed by atoms with E-state index >= 15 is 0 Å². The maximum absolute atomic E-state index is 12.6. The second-order valence-electron chi connectivity index (χ2n) is 9.01. The van der Waals surface area contributed by atoms with Crippen LogP contribution in [0.4, 0.5) is 0 Å². The van der Waals surface area contributed by atoms with Crippen molar-refractivity contribution in [2.45, 2.75) is 72.4 Å². The Morgan fingerprint density at radius 3 is 1.58 bits per heavy atom. The van der Waals surface area contributed by atoms with Crippen LogP contribution in [0.3, 0.4) is 0 Å². The van der Waals surface area contributed by atoms with Crippen LogP contribution in [-0.2, 0) is 9.47 Å². The molecule has 134 valence electrons. The average molecular weight is 351 g/mol. The van der Waals surface area contributed by atoms with Crippen LogP contribution in [0.5, 0.6) is 0 Å². The van der Waals surface area contributed by atoms with Crippen molar-refractivity contribution in [3.05, 3.63) is 29.3 Å². The molecule has 0 saturated carbocycles. The van der Waals surface area contributed by atoms with Gasteiger partial charge in [-0.1, -0.05) is 30.9 Å². The highest BCUT2D eigenvalue weighted by Gasteiger charge is 2.28. The molecule has 1 aromatic rings. The summed E-state index contributed by atoms with van der Waals surface area (Å²) in [6, 6.07) is 5.39. The summed E-state index contributed by atoms with van der Waals surface area (Å²) in [5.74, 6) is -1.01. The SMILES string of the molecule is CC(C)(C)OC(=O)c1ccc([Si](C)(C)C)cc1C(=O)OC(C)(C)C. The van der Waals surface area contributed by atoms with E-state index in [4.69, 9.17) is 9.47 Å². The van der Waals surface area contributed by atoms with Crippen LogP contribution in [0.2, 0.25) is 19.6 Å². The lowest BCUT2D eigenvalue weighted by atomic mass is 10.1. The third-order valence-corrected chi connectivity index (χ3v) is 5.17. The van der Waals surface area contributed by atoms with Gasteiger partial charge in [0.15, 0.2) is 0 Å². The van der Waals surface area contributed by atoms with Gasteiger partial charge in [-0.15, -0.1) is 0 Å². The molecule has 0 bridgehead atoms. The van der Waals surface area contributed by atoms with Gasteiger partial charge < -0.3 is 9.47 Å². The van der Waals surface area contributed by atoms with Crippen LogP contribution in [0, 0.1) is 0 Å². The second kappa shape index (κ2) is 6.71. The molecule has 4 nitrogen and oxygen atoms in total. The topological polar surface area (TPSA) is 52.6 Å². The van der Waals surface area contributed by atoms with Crippen LogP contribution in [0.1, 0.15) is 62.3 Å². The van der Waals surface area contributed by atoms with Crippen molar-refractivity contribution in [3.8, 4) is 0 Å². The van der Waals surface area contributed by atoms with E-state index < -0.39 is 31.2 Å². The van der Waals surface area contributed by atoms with Gasteiger partial charge in [0.1, 0.15) is 11.2 Å². The third-order valence-electron chi connectivity index (χ3n) is 3.12. The molecule has 0 spiro atoms. The van der Waals surface area contributed by atoms with Crippen LogP contribution in [0.15, 0.2) is 18.2 Å². The van der Waals surface area contributed by atoms with Gasteiger partial charge in [-0.25, -0.2) is 9.59 Å². The van der Waals surface area contributed by atoms with Crippen molar-refractivity contribution >= 4 is 25.2 Å². The van der Waals surface area contributed by atoms with E-state index in [9.17, 15) is 9.59 Å². The number of benzene rings is 1. The van der Waals surface area contributed by atoms with E-state index in [2.05, 4.69) is 19.6 Å². The Morgan fingerprint density at radius 1 is 0.792 bits per heavy atom. The molecule has 1 aromatic carbocycles. The van der Waals surface area contributed by atoms with E-state index in [-0.39, 0.29) is 11.1 Å². The van der Waals surface area contributed by atoms with Gasteiger partial charge in [-0.2, -0.15) is 0 Å². The number of carbonyl (C=O) groups excluding carboxylic acids is 2. The maximum Gasteiger partial charge on any atom is 0.339 e. The first-order chi connectivity index (χ1) is 10.6. The molecule has 5 heteroatoms. The standard InChI is InChI=1S/C19H30O4Si/c1-18(2,3)22-16(20)14-11-10-13(24(7,8)9)12-15(14)17(21)23-19(4,5)6/h10-12H,1-9H3. The fourth-order valence-electron chi connectivity index (χ4n) is 2.02. The molecule has 0 unspecified atom stereocenters. The van der Waals surface area contributed by atoms with Gasteiger partial charge in [0.2, 0.25) is 0 Å². The van der Waals surface area contributed by atoms with Crippen molar-refractivity contribution < 1.29 is 19.1 Å². The molecule has 0 aliphatic rings. The minimum atomic E-state index is -1.63. The van der Waals surface area contributed by atoms with Gasteiger partial charge in [-0.05, 0) is 53.7 Å². The van der Waals surface area contributed by atoms with Crippen molar-refractivity contribution in [1.29, 1.82) is 0 Å². The molecule has 1 rings (SSSR count). The monoisotopic (exact) mass is 350 g/mol. The lowest BCUT2D eigenvalue weighted by Gasteiger charge is -2.24. The van der Waals surface area contributed by atoms with E-state index in [1.165, 1.54) is 0 Å². The lowest BCUT2D eigenvalue weighted by Crippen LogP contribution is -2.39. The smallest absolute Gasteiger partial charge is 0.339 e. The normalized spacial score (nSPS) is 12.7. The summed E-state index contributed by atoms with van der Waals surface area (Å²) in [6.45, 7) is 17.4. The minimum Gasteiger partial charge on any atom is -0.456 e. The predicted octanol–water partition coefficient (Wildman–Crippen LogP) is 4.14. The quantitative estimate of drug-likeness (QED) is 0.607. The Labute approximate surface area is 146 Å². The van der Waals surface area contributed by atoms with Crippen molar-refractivity contribution in [2.24, 2.45) is 0 Å². The van der Waals surface area contributed by atoms with Gasteiger partial charge in [0.05, 0.1) is 19.2 Å². The first-order valence-corrected chi connectivity index (χ1v) is 11.7. The molecule has 0 radical (unpaired) electrons. The molecule has 0 heterocycles. The molecule has 0 amide bonds. The van der Waals surface area contributed by atoms with Crippen molar-refractivity contribution in [1.82, 2.24) is 0 Å². The van der Waals surface area contributed by atoms with Crippen molar-refractivity contribution in [3.63, 3.8) is 0 Å². The van der Waals surface area contributed by atoms with Crippen LogP contribution in [-0.4, -0.2) is 31.2 Å². The van der Waals surface area contributed by atoms with E-state index in [1.54, 1.807) is 53.7 Å². The zero-order valence-electron chi connectivity index (χ0n) is 16.4. The number of esters is 2. The summed E-state index contributed by atoms with van der Waals surface area (Å²) in [5.41, 5.74) is -0.725. The lowest BCUT2D eigenvalue weighted by molar-refractivity contribution is 0.00188. The number of carbonyl (C=O) groups is 2.